The van der Waals surface area contributed by atoms with Crippen molar-refractivity contribution in [2.75, 3.05) is 6.29 Å². The predicted octanol–water partition coefficient (Wildman–Crippen LogP) is -0.0305. The zero-order chi connectivity index (χ0) is 9.61. The first-order valence-corrected chi connectivity index (χ1v) is 5.22. The summed E-state index contributed by atoms with van der Waals surface area (Å²) in [6, 6.07) is 0. The molecule has 0 radical (unpaired) electrons. The summed E-state index contributed by atoms with van der Waals surface area (Å²) in [5.41, 5.74) is 1.90. The van der Waals surface area contributed by atoms with Gasteiger partial charge < -0.3 is 14.6 Å². The van der Waals surface area contributed by atoms with Gasteiger partial charge in [0, 0.05) is 6.42 Å². The molecule has 72 valence electrons. The lowest BCUT2D eigenvalue weighted by molar-refractivity contribution is -0.150. The van der Waals surface area contributed by atoms with Gasteiger partial charge in [-0.15, -0.1) is 5.48 Å². The Morgan fingerprint density at radius 3 is 2.58 bits per heavy atom. The van der Waals surface area contributed by atoms with Gasteiger partial charge in [-0.3, -0.25) is 9.36 Å². The van der Waals surface area contributed by atoms with Crippen molar-refractivity contribution in [1.29, 1.82) is 0 Å². The summed E-state index contributed by atoms with van der Waals surface area (Å²) in [5.74, 6) is -0.522. The number of hydrogen-bond acceptors (Lipinski definition) is 4. The van der Waals surface area contributed by atoms with Crippen LogP contribution in [0.15, 0.2) is 0 Å². The van der Waals surface area contributed by atoms with E-state index in [0.29, 0.717) is 6.42 Å². The molecule has 6 nitrogen and oxygen atoms in total. The molecule has 0 aliphatic carbocycles. The molecule has 0 fully saturated rings. The highest BCUT2D eigenvalue weighted by molar-refractivity contribution is 7.51. The molecular weight excluding hydrogens is 185 g/mol. The maximum atomic E-state index is 10.6. The van der Waals surface area contributed by atoms with Crippen molar-refractivity contribution in [3.8, 4) is 0 Å². The van der Waals surface area contributed by atoms with Crippen molar-refractivity contribution >= 4 is 13.6 Å². The Kier molecular flexibility index (Phi) is 5.08. The number of nitrogens with one attached hydrogen (secondary N) is 1. The third-order valence-electron chi connectivity index (χ3n) is 0.911. The lowest BCUT2D eigenvalue weighted by Gasteiger charge is -2.05. The van der Waals surface area contributed by atoms with E-state index in [1.165, 1.54) is 0 Å². The lowest BCUT2D eigenvalue weighted by Crippen LogP contribution is -2.20. The lowest BCUT2D eigenvalue weighted by atomic mass is 10.3. The fraction of sp³-hybridized carbons (Fsp3) is 0.800. The molecular formula is C5H12NO5P. The van der Waals surface area contributed by atoms with Crippen LogP contribution in [0.2, 0.25) is 0 Å². The van der Waals surface area contributed by atoms with Crippen molar-refractivity contribution in [3.05, 3.63) is 0 Å². The van der Waals surface area contributed by atoms with Gasteiger partial charge in [-0.1, -0.05) is 6.92 Å². The Morgan fingerprint density at radius 2 is 2.17 bits per heavy atom. The average Bonchev–Trinajstić information content (AvgIpc) is 1.84. The summed E-state index contributed by atoms with van der Waals surface area (Å²) in [4.78, 5) is 31.5. The second-order valence-corrected chi connectivity index (χ2v) is 3.84. The van der Waals surface area contributed by atoms with Gasteiger partial charge in [-0.25, -0.2) is 0 Å². The van der Waals surface area contributed by atoms with E-state index in [1.807, 2.05) is 5.48 Å². The molecule has 0 spiro atoms. The van der Waals surface area contributed by atoms with Crippen LogP contribution >= 0.6 is 7.60 Å². The highest BCUT2D eigenvalue weighted by atomic mass is 31.2. The maximum Gasteiger partial charge on any atom is 0.342 e. The van der Waals surface area contributed by atoms with E-state index >= 15 is 0 Å². The standard InChI is InChI=1S/C5H12NO5P/c1-2-3-5(7)11-6-4-12(8,9)10/h6H,2-4H2,1H3,(H2,8,9,10). The largest absolute Gasteiger partial charge is 0.370 e. The first-order valence-electron chi connectivity index (χ1n) is 3.43. The van der Waals surface area contributed by atoms with E-state index in [2.05, 4.69) is 4.84 Å². The molecule has 0 aliphatic rings. The summed E-state index contributed by atoms with van der Waals surface area (Å²) in [6.07, 6.45) is 0.215. The normalized spacial score (nSPS) is 11.2. The Hall–Kier alpha value is -0.420. The van der Waals surface area contributed by atoms with E-state index in [1.54, 1.807) is 6.92 Å². The van der Waals surface area contributed by atoms with Gasteiger partial charge in [-0.05, 0) is 6.42 Å². The number of rotatable bonds is 5. The molecule has 0 aromatic carbocycles. The Bertz CT molecular complexity index is 188. The third kappa shape index (κ3) is 7.68. The number of carbonyl (C=O) groups is 1. The summed E-state index contributed by atoms with van der Waals surface area (Å²) in [5, 5.41) is 0. The van der Waals surface area contributed by atoms with Gasteiger partial charge in [0.25, 0.3) is 0 Å². The Labute approximate surface area is 70.0 Å². The quantitative estimate of drug-likeness (QED) is 0.423. The summed E-state index contributed by atoms with van der Waals surface area (Å²) in [6.45, 7) is 1.80. The first-order chi connectivity index (χ1) is 5.45. The minimum Gasteiger partial charge on any atom is -0.370 e. The molecule has 0 aromatic rings. The van der Waals surface area contributed by atoms with Gasteiger partial charge in [0.2, 0.25) is 0 Å². The van der Waals surface area contributed by atoms with Gasteiger partial charge in [0.1, 0.15) is 6.29 Å². The third-order valence-corrected chi connectivity index (χ3v) is 1.45. The topological polar surface area (TPSA) is 95.9 Å². The molecule has 3 N–H and O–H groups in total. The minimum atomic E-state index is -4.13. The smallest absolute Gasteiger partial charge is 0.342 e. The zero-order valence-corrected chi connectivity index (χ0v) is 7.58. The number of carbonyl (C=O) groups excluding carboxylic acids is 1. The highest BCUT2D eigenvalue weighted by Crippen LogP contribution is 2.31. The predicted molar refractivity (Wildman–Crippen MR) is 41.0 cm³/mol. The number of hydrogen-bond donors (Lipinski definition) is 3. The van der Waals surface area contributed by atoms with Crippen LogP contribution in [0.3, 0.4) is 0 Å². The van der Waals surface area contributed by atoms with Crippen molar-refractivity contribution in [1.82, 2.24) is 5.48 Å². The van der Waals surface area contributed by atoms with E-state index < -0.39 is 19.9 Å². The van der Waals surface area contributed by atoms with Gasteiger partial charge in [-0.2, -0.15) is 0 Å². The molecule has 7 heteroatoms. The molecule has 12 heavy (non-hydrogen) atoms. The van der Waals surface area contributed by atoms with Crippen LogP contribution in [0.25, 0.3) is 0 Å². The number of hydroxylamine groups is 1. The molecule has 0 amide bonds. The van der Waals surface area contributed by atoms with Crippen molar-refractivity contribution in [2.24, 2.45) is 0 Å². The molecule has 0 rings (SSSR count). The molecule has 0 heterocycles. The molecule has 0 saturated heterocycles. The van der Waals surface area contributed by atoms with Crippen molar-refractivity contribution < 1.29 is 24.0 Å². The van der Waals surface area contributed by atoms with Gasteiger partial charge in [0.15, 0.2) is 0 Å². The second kappa shape index (κ2) is 5.27. The van der Waals surface area contributed by atoms with Crippen LogP contribution in [-0.2, 0) is 14.2 Å². The van der Waals surface area contributed by atoms with Crippen LogP contribution in [0.5, 0.6) is 0 Å². The van der Waals surface area contributed by atoms with E-state index in [-0.39, 0.29) is 6.42 Å². The average molecular weight is 197 g/mol. The minimum absolute atomic E-state index is 0.230. The van der Waals surface area contributed by atoms with Crippen LogP contribution in [-0.4, -0.2) is 22.0 Å². The van der Waals surface area contributed by atoms with E-state index in [4.69, 9.17) is 9.79 Å². The Morgan fingerprint density at radius 1 is 1.58 bits per heavy atom. The SMILES string of the molecule is CCCC(=O)ONCP(=O)(O)O. The molecule has 0 atom stereocenters. The monoisotopic (exact) mass is 197 g/mol. The molecule has 0 aliphatic heterocycles. The second-order valence-electron chi connectivity index (χ2n) is 2.19. The fourth-order valence-corrected chi connectivity index (χ4v) is 0.685. The van der Waals surface area contributed by atoms with Crippen molar-refractivity contribution in [2.45, 2.75) is 19.8 Å². The van der Waals surface area contributed by atoms with Crippen LogP contribution in [0.1, 0.15) is 19.8 Å². The first kappa shape index (κ1) is 11.6. The zero-order valence-electron chi connectivity index (χ0n) is 6.69. The van der Waals surface area contributed by atoms with Gasteiger partial charge >= 0.3 is 13.6 Å². The van der Waals surface area contributed by atoms with Gasteiger partial charge in [0.05, 0.1) is 0 Å². The molecule has 0 aromatic heterocycles. The summed E-state index contributed by atoms with van der Waals surface area (Å²) < 4.78 is 10.2. The summed E-state index contributed by atoms with van der Waals surface area (Å²) in [7, 11) is -4.13. The fourth-order valence-electron chi connectivity index (χ4n) is 0.452. The Balaban J connectivity index is 3.44. The molecule has 0 saturated carbocycles. The summed E-state index contributed by atoms with van der Waals surface area (Å²) >= 11 is 0. The van der Waals surface area contributed by atoms with Crippen LogP contribution in [0.4, 0.5) is 0 Å². The van der Waals surface area contributed by atoms with Crippen LogP contribution in [0, 0.1) is 0 Å². The molecule has 0 unspecified atom stereocenters. The van der Waals surface area contributed by atoms with Crippen LogP contribution < -0.4 is 5.48 Å². The maximum absolute atomic E-state index is 10.6. The molecule has 0 bridgehead atoms. The van der Waals surface area contributed by atoms with E-state index in [0.717, 1.165) is 0 Å². The van der Waals surface area contributed by atoms with Crippen molar-refractivity contribution in [3.63, 3.8) is 0 Å². The van der Waals surface area contributed by atoms with E-state index in [9.17, 15) is 9.36 Å². The highest BCUT2D eigenvalue weighted by Gasteiger charge is 2.12.